The summed E-state index contributed by atoms with van der Waals surface area (Å²) in [5, 5.41) is 14.4. The number of hydrogen-bond donors (Lipinski definition) is 2. The van der Waals surface area contributed by atoms with Gasteiger partial charge < -0.3 is 24.6 Å². The number of aliphatic hydroxyl groups excluding tert-OH is 1. The van der Waals surface area contributed by atoms with Crippen molar-refractivity contribution in [2.75, 3.05) is 23.5 Å². The van der Waals surface area contributed by atoms with Crippen LogP contribution in [0.3, 0.4) is 0 Å². The zero-order valence-corrected chi connectivity index (χ0v) is 26.8. The van der Waals surface area contributed by atoms with Gasteiger partial charge in [-0.05, 0) is 35.7 Å². The third-order valence-electron chi connectivity index (χ3n) is 7.98. The molecule has 11 heteroatoms. The van der Waals surface area contributed by atoms with Crippen LogP contribution in [0, 0.1) is 12.3 Å². The van der Waals surface area contributed by atoms with Gasteiger partial charge in [0, 0.05) is 4.43 Å². The summed E-state index contributed by atoms with van der Waals surface area (Å²) in [6.45, 7) is 2.13. The van der Waals surface area contributed by atoms with Gasteiger partial charge in [-0.1, -0.05) is 101 Å². The van der Waals surface area contributed by atoms with E-state index in [9.17, 15) is 5.11 Å². The Morgan fingerprint density at radius 2 is 1.67 bits per heavy atom. The SMILES string of the molecule is C#C[C@@]1(F)[C@H](O)[C@@H](CI)O[C@H]1n1cnc2c(OCC)nc(NC(c3ccccc3)(c3ccccc3)c3ccc(OC)cc3)nc21. The van der Waals surface area contributed by atoms with Gasteiger partial charge in [-0.3, -0.25) is 4.57 Å². The molecular weight excluding hydrogens is 688 g/mol. The predicted molar refractivity (Wildman–Crippen MR) is 177 cm³/mol. The van der Waals surface area contributed by atoms with Crippen molar-refractivity contribution in [2.45, 2.75) is 36.6 Å². The van der Waals surface area contributed by atoms with Crippen LogP contribution in [-0.2, 0) is 10.3 Å². The molecule has 1 aliphatic rings. The smallest absolute Gasteiger partial charge is 0.247 e. The lowest BCUT2D eigenvalue weighted by atomic mass is 9.77. The second-order valence-corrected chi connectivity index (χ2v) is 11.4. The van der Waals surface area contributed by atoms with Gasteiger partial charge >= 0.3 is 0 Å². The van der Waals surface area contributed by atoms with Crippen molar-refractivity contribution in [2.24, 2.45) is 0 Å². The van der Waals surface area contributed by atoms with Crippen LogP contribution in [0.15, 0.2) is 91.3 Å². The van der Waals surface area contributed by atoms with E-state index in [0.29, 0.717) is 22.3 Å². The summed E-state index contributed by atoms with van der Waals surface area (Å²) >= 11 is 2.03. The molecule has 0 saturated carbocycles. The van der Waals surface area contributed by atoms with Crippen molar-refractivity contribution in [1.82, 2.24) is 19.5 Å². The Labute approximate surface area is 273 Å². The normalized spacial score (nSPS) is 21.4. The van der Waals surface area contributed by atoms with Gasteiger partial charge in [-0.25, -0.2) is 9.37 Å². The molecular formula is C34H31FIN5O4. The fraction of sp³-hybridized carbons (Fsp3) is 0.265. The molecule has 4 atom stereocenters. The van der Waals surface area contributed by atoms with E-state index in [1.54, 1.807) is 7.11 Å². The minimum atomic E-state index is -2.52. The Morgan fingerprint density at radius 1 is 1.04 bits per heavy atom. The summed E-state index contributed by atoms with van der Waals surface area (Å²) in [7, 11) is 1.62. The number of ether oxygens (including phenoxy) is 3. The molecule has 9 nitrogen and oxygen atoms in total. The average Bonchev–Trinajstić information content (AvgIpc) is 3.62. The number of halogens is 2. The summed E-state index contributed by atoms with van der Waals surface area (Å²) in [5.41, 5.74) is -0.271. The quantitative estimate of drug-likeness (QED) is 0.0825. The number of fused-ring (bicyclic) bond motifs is 1. The van der Waals surface area contributed by atoms with Gasteiger partial charge in [0.05, 0.1) is 26.1 Å². The largest absolute Gasteiger partial charge is 0.497 e. The van der Waals surface area contributed by atoms with Crippen LogP contribution in [0.1, 0.15) is 29.8 Å². The maximum atomic E-state index is 16.2. The highest BCUT2D eigenvalue weighted by molar-refractivity contribution is 14.1. The van der Waals surface area contributed by atoms with E-state index in [0.717, 1.165) is 16.7 Å². The fourth-order valence-electron chi connectivity index (χ4n) is 5.76. The monoisotopic (exact) mass is 719 g/mol. The number of aliphatic hydroxyl groups is 1. The lowest BCUT2D eigenvalue weighted by molar-refractivity contribution is -0.0249. The third-order valence-corrected chi connectivity index (χ3v) is 8.85. The molecule has 0 aliphatic carbocycles. The zero-order chi connectivity index (χ0) is 31.6. The minimum absolute atomic E-state index is 0.186. The molecule has 1 fully saturated rings. The topological polar surface area (TPSA) is 104 Å². The average molecular weight is 720 g/mol. The van der Waals surface area contributed by atoms with E-state index in [4.69, 9.17) is 30.6 Å². The van der Waals surface area contributed by atoms with Gasteiger partial charge in [0.2, 0.25) is 17.5 Å². The lowest BCUT2D eigenvalue weighted by Gasteiger charge is -2.37. The Balaban J connectivity index is 1.58. The second-order valence-electron chi connectivity index (χ2n) is 10.5. The van der Waals surface area contributed by atoms with Crippen molar-refractivity contribution >= 4 is 39.7 Å². The molecule has 0 spiro atoms. The van der Waals surface area contributed by atoms with Crippen molar-refractivity contribution in [1.29, 1.82) is 0 Å². The van der Waals surface area contributed by atoms with Gasteiger partial charge in [0.1, 0.15) is 17.4 Å². The minimum Gasteiger partial charge on any atom is -0.497 e. The van der Waals surface area contributed by atoms with Crippen molar-refractivity contribution in [3.8, 4) is 24.0 Å². The van der Waals surface area contributed by atoms with E-state index in [1.165, 1.54) is 10.9 Å². The number of anilines is 1. The van der Waals surface area contributed by atoms with Crippen LogP contribution < -0.4 is 14.8 Å². The molecule has 3 aromatic carbocycles. The lowest BCUT2D eigenvalue weighted by Crippen LogP contribution is -2.41. The number of terminal acetylenes is 1. The number of alkyl halides is 2. The molecule has 5 aromatic rings. The van der Waals surface area contributed by atoms with Crippen LogP contribution >= 0.6 is 22.6 Å². The number of rotatable bonds is 10. The van der Waals surface area contributed by atoms with Crippen LogP contribution in [0.2, 0.25) is 0 Å². The first-order valence-electron chi connectivity index (χ1n) is 14.4. The summed E-state index contributed by atoms with van der Waals surface area (Å²) in [5.74, 6) is 3.22. The number of methoxy groups -OCH3 is 1. The van der Waals surface area contributed by atoms with Crippen molar-refractivity contribution < 1.29 is 23.7 Å². The molecule has 230 valence electrons. The summed E-state index contributed by atoms with van der Waals surface area (Å²) in [6.07, 6.45) is 3.29. The first-order valence-corrected chi connectivity index (χ1v) is 15.9. The summed E-state index contributed by atoms with van der Waals surface area (Å²) < 4.78 is 35.3. The predicted octanol–water partition coefficient (Wildman–Crippen LogP) is 5.67. The maximum absolute atomic E-state index is 16.2. The molecule has 1 aliphatic heterocycles. The number of nitrogens with one attached hydrogen (secondary N) is 1. The number of hydrogen-bond acceptors (Lipinski definition) is 8. The van der Waals surface area contributed by atoms with Crippen LogP contribution in [0.4, 0.5) is 10.3 Å². The van der Waals surface area contributed by atoms with Crippen LogP contribution in [0.5, 0.6) is 11.6 Å². The van der Waals surface area contributed by atoms with Gasteiger partial charge in [0.15, 0.2) is 17.4 Å². The highest BCUT2D eigenvalue weighted by Gasteiger charge is 2.57. The van der Waals surface area contributed by atoms with Crippen LogP contribution in [0.25, 0.3) is 11.2 Å². The summed E-state index contributed by atoms with van der Waals surface area (Å²) in [4.78, 5) is 14.1. The highest BCUT2D eigenvalue weighted by Crippen LogP contribution is 2.44. The molecule has 2 N–H and O–H groups in total. The standard InChI is InChI=1S/C34H31FIN5O4/c1-4-33(35)28(42)26(20-36)45-31(33)41-21-37-27-29(41)38-32(39-30(27)44-5-2)40-34(22-12-8-6-9-13-22,23-14-10-7-11-15-23)24-16-18-25(43-3)19-17-24/h1,6-19,21,26,28,31,42H,5,20H2,2-3H3,(H,38,39,40)/t26-,28-,31-,33-/m1/s1. The third kappa shape index (κ3) is 5.26. The molecule has 3 heterocycles. The van der Waals surface area contributed by atoms with Gasteiger partial charge in [0.25, 0.3) is 0 Å². The molecule has 0 amide bonds. The molecule has 2 aromatic heterocycles. The van der Waals surface area contributed by atoms with Crippen LogP contribution in [-0.4, -0.2) is 60.6 Å². The van der Waals surface area contributed by atoms with Crippen molar-refractivity contribution in [3.05, 3.63) is 108 Å². The van der Waals surface area contributed by atoms with E-state index in [1.807, 2.05) is 114 Å². The first kappa shape index (κ1) is 30.8. The molecule has 6 rings (SSSR count). The van der Waals surface area contributed by atoms with Crippen molar-refractivity contribution in [3.63, 3.8) is 0 Å². The number of nitrogens with zero attached hydrogens (tertiary/aromatic N) is 4. The van der Waals surface area contributed by atoms with E-state index in [-0.39, 0.29) is 17.5 Å². The number of benzene rings is 3. The first-order chi connectivity index (χ1) is 21.9. The maximum Gasteiger partial charge on any atom is 0.247 e. The molecule has 0 radical (unpaired) electrons. The zero-order valence-electron chi connectivity index (χ0n) is 24.6. The Morgan fingerprint density at radius 3 is 2.22 bits per heavy atom. The van der Waals surface area contributed by atoms with E-state index in [2.05, 4.69) is 16.2 Å². The Hall–Kier alpha value is -4.25. The molecule has 45 heavy (non-hydrogen) atoms. The molecule has 1 saturated heterocycles. The summed E-state index contributed by atoms with van der Waals surface area (Å²) in [6, 6.07) is 27.7. The molecule has 0 unspecified atom stereocenters. The second kappa shape index (κ2) is 12.6. The van der Waals surface area contributed by atoms with Gasteiger partial charge in [-0.15, -0.1) is 6.42 Å². The van der Waals surface area contributed by atoms with Gasteiger partial charge in [-0.2, -0.15) is 9.97 Å². The molecule has 0 bridgehead atoms. The van der Waals surface area contributed by atoms with E-state index < -0.39 is 29.6 Å². The fourth-order valence-corrected chi connectivity index (χ4v) is 6.45. The number of aromatic nitrogens is 4. The van der Waals surface area contributed by atoms with E-state index >= 15 is 4.39 Å². The Bertz CT molecular complexity index is 1780. The number of imidazole rings is 1. The highest BCUT2D eigenvalue weighted by atomic mass is 127. The Kier molecular flexibility index (Phi) is 8.63.